The smallest absolute Gasteiger partial charge is 0.166 e. The topological polar surface area (TPSA) is 65.0 Å². The van der Waals surface area contributed by atoms with Crippen LogP contribution in [0.4, 0.5) is 0 Å². The number of fused-ring (bicyclic) bond motifs is 2. The molecule has 2 heterocycles. The van der Waals surface area contributed by atoms with E-state index in [2.05, 4.69) is 20.6 Å². The Morgan fingerprint density at radius 1 is 1.04 bits per heavy atom. The summed E-state index contributed by atoms with van der Waals surface area (Å²) in [5.74, 6) is 3.11. The molecule has 4 aromatic rings. The number of methoxy groups -OCH3 is 2. The Morgan fingerprint density at radius 2 is 1.80 bits per heavy atom. The average molecular weight is 354 g/mol. The number of aromatic nitrogens is 4. The molecule has 2 aromatic heterocycles. The van der Waals surface area contributed by atoms with Crippen molar-refractivity contribution < 1.29 is 9.47 Å². The van der Waals surface area contributed by atoms with Crippen molar-refractivity contribution in [3.8, 4) is 11.5 Å². The van der Waals surface area contributed by atoms with Gasteiger partial charge in [-0.2, -0.15) is 0 Å². The largest absolute Gasteiger partial charge is 0.493 e. The third-order valence-corrected chi connectivity index (χ3v) is 5.05. The van der Waals surface area contributed by atoms with Crippen LogP contribution in [0.5, 0.6) is 11.5 Å². The first-order chi connectivity index (χ1) is 12.2. The number of rotatable bonds is 5. The number of ether oxygens (including phenoxy) is 2. The van der Waals surface area contributed by atoms with Crippen molar-refractivity contribution in [3.63, 3.8) is 0 Å². The molecule has 128 valence electrons. The van der Waals surface area contributed by atoms with Crippen molar-refractivity contribution in [3.05, 3.63) is 42.2 Å². The fraction of sp³-hybridized carbons (Fsp3) is 0.222. The van der Waals surface area contributed by atoms with Crippen LogP contribution in [0.3, 0.4) is 0 Å². The van der Waals surface area contributed by atoms with Crippen LogP contribution >= 0.6 is 11.8 Å². The molecule has 7 heteroatoms. The van der Waals surface area contributed by atoms with E-state index in [-0.39, 0.29) is 0 Å². The first kappa shape index (κ1) is 15.8. The summed E-state index contributed by atoms with van der Waals surface area (Å²) in [6.45, 7) is 0. The van der Waals surface area contributed by atoms with E-state index in [0.717, 1.165) is 38.8 Å². The van der Waals surface area contributed by atoms with Gasteiger partial charge in [-0.15, -0.1) is 0 Å². The number of benzene rings is 2. The molecule has 0 bridgehead atoms. The van der Waals surface area contributed by atoms with Gasteiger partial charge < -0.3 is 19.0 Å². The zero-order valence-electron chi connectivity index (χ0n) is 14.2. The lowest BCUT2D eigenvalue weighted by atomic mass is 10.3. The molecule has 0 radical (unpaired) electrons. The van der Waals surface area contributed by atoms with E-state index in [1.54, 1.807) is 26.0 Å². The zero-order chi connectivity index (χ0) is 17.4. The molecule has 0 spiro atoms. The van der Waals surface area contributed by atoms with Gasteiger partial charge in [0.15, 0.2) is 16.7 Å². The monoisotopic (exact) mass is 354 g/mol. The van der Waals surface area contributed by atoms with Crippen LogP contribution in [0.2, 0.25) is 0 Å². The van der Waals surface area contributed by atoms with E-state index in [1.165, 1.54) is 0 Å². The van der Waals surface area contributed by atoms with Crippen LogP contribution in [0.1, 0.15) is 5.82 Å². The Kier molecular flexibility index (Phi) is 4.01. The van der Waals surface area contributed by atoms with E-state index in [9.17, 15) is 0 Å². The van der Waals surface area contributed by atoms with Gasteiger partial charge in [0.1, 0.15) is 5.82 Å². The highest BCUT2D eigenvalue weighted by Crippen LogP contribution is 2.33. The molecule has 0 aliphatic heterocycles. The fourth-order valence-electron chi connectivity index (χ4n) is 2.84. The van der Waals surface area contributed by atoms with Crippen molar-refractivity contribution in [1.82, 2.24) is 19.5 Å². The third kappa shape index (κ3) is 2.80. The summed E-state index contributed by atoms with van der Waals surface area (Å²) in [6.07, 6.45) is 0. The molecule has 25 heavy (non-hydrogen) atoms. The predicted molar refractivity (Wildman–Crippen MR) is 99.5 cm³/mol. The van der Waals surface area contributed by atoms with Crippen LogP contribution in [0, 0.1) is 0 Å². The Bertz CT molecular complexity index is 1010. The van der Waals surface area contributed by atoms with Gasteiger partial charge in [0, 0.05) is 19.2 Å². The standard InChI is InChI=1S/C18H18N4O2S/c1-22-14-7-5-4-6-11(14)19-17(22)10-25-18-20-12-8-15(23-2)16(24-3)9-13(12)21-18/h4-9H,10H2,1-3H3,(H,20,21). The molecular weight excluding hydrogens is 336 g/mol. The second kappa shape index (κ2) is 6.33. The number of nitrogens with one attached hydrogen (secondary N) is 1. The molecule has 4 rings (SSSR count). The Hall–Kier alpha value is -2.67. The molecule has 0 aliphatic rings. The van der Waals surface area contributed by atoms with Gasteiger partial charge in [-0.25, -0.2) is 9.97 Å². The Morgan fingerprint density at radius 3 is 2.56 bits per heavy atom. The maximum Gasteiger partial charge on any atom is 0.166 e. The van der Waals surface area contributed by atoms with Crippen LogP contribution in [0.15, 0.2) is 41.6 Å². The van der Waals surface area contributed by atoms with E-state index in [4.69, 9.17) is 14.5 Å². The minimum Gasteiger partial charge on any atom is -0.493 e. The molecule has 0 aliphatic carbocycles. The minimum atomic E-state index is 0.674. The summed E-state index contributed by atoms with van der Waals surface area (Å²) < 4.78 is 12.8. The number of hydrogen-bond acceptors (Lipinski definition) is 5. The summed E-state index contributed by atoms with van der Waals surface area (Å²) in [5.41, 5.74) is 3.92. The number of aromatic amines is 1. The summed E-state index contributed by atoms with van der Waals surface area (Å²) in [4.78, 5) is 12.7. The summed E-state index contributed by atoms with van der Waals surface area (Å²) in [6, 6.07) is 11.9. The number of thioether (sulfide) groups is 1. The maximum absolute atomic E-state index is 5.34. The average Bonchev–Trinajstić information content (AvgIpc) is 3.19. The fourth-order valence-corrected chi connectivity index (χ4v) is 3.71. The lowest BCUT2D eigenvalue weighted by molar-refractivity contribution is 0.356. The van der Waals surface area contributed by atoms with Crippen molar-refractivity contribution in [2.24, 2.45) is 7.05 Å². The van der Waals surface area contributed by atoms with Crippen LogP contribution in [-0.2, 0) is 12.8 Å². The van der Waals surface area contributed by atoms with Gasteiger partial charge in [-0.1, -0.05) is 23.9 Å². The molecule has 0 saturated heterocycles. The second-order valence-corrected chi connectivity index (χ2v) is 6.59. The molecule has 2 aromatic carbocycles. The van der Waals surface area contributed by atoms with Crippen LogP contribution in [-0.4, -0.2) is 33.7 Å². The zero-order valence-corrected chi connectivity index (χ0v) is 15.1. The normalized spacial score (nSPS) is 11.3. The number of para-hydroxylation sites is 2. The third-order valence-electron chi connectivity index (χ3n) is 4.18. The Labute approximate surface area is 149 Å². The molecule has 0 atom stereocenters. The van der Waals surface area contributed by atoms with Crippen molar-refractivity contribution >= 4 is 33.8 Å². The summed E-state index contributed by atoms with van der Waals surface area (Å²) in [5, 5.41) is 0.845. The van der Waals surface area contributed by atoms with Crippen LogP contribution < -0.4 is 9.47 Å². The maximum atomic E-state index is 5.34. The summed E-state index contributed by atoms with van der Waals surface area (Å²) >= 11 is 1.62. The Balaban J connectivity index is 1.61. The highest BCUT2D eigenvalue weighted by Gasteiger charge is 2.12. The van der Waals surface area contributed by atoms with Gasteiger partial charge in [-0.3, -0.25) is 0 Å². The van der Waals surface area contributed by atoms with Gasteiger partial charge in [0.05, 0.1) is 42.0 Å². The van der Waals surface area contributed by atoms with Crippen molar-refractivity contribution in [2.75, 3.05) is 14.2 Å². The first-order valence-corrected chi connectivity index (χ1v) is 8.83. The van der Waals surface area contributed by atoms with Gasteiger partial charge in [0.2, 0.25) is 0 Å². The number of H-pyrrole nitrogens is 1. The lowest BCUT2D eigenvalue weighted by Crippen LogP contribution is -1.95. The van der Waals surface area contributed by atoms with E-state index in [0.29, 0.717) is 11.5 Å². The number of aryl methyl sites for hydroxylation is 1. The van der Waals surface area contributed by atoms with E-state index in [1.807, 2.05) is 37.4 Å². The number of imidazole rings is 2. The van der Waals surface area contributed by atoms with Gasteiger partial charge in [0.25, 0.3) is 0 Å². The van der Waals surface area contributed by atoms with Crippen molar-refractivity contribution in [1.29, 1.82) is 0 Å². The molecule has 0 amide bonds. The van der Waals surface area contributed by atoms with E-state index >= 15 is 0 Å². The van der Waals surface area contributed by atoms with Crippen molar-refractivity contribution in [2.45, 2.75) is 10.9 Å². The molecule has 0 saturated carbocycles. The summed E-state index contributed by atoms with van der Waals surface area (Å²) in [7, 11) is 5.29. The van der Waals surface area contributed by atoms with E-state index < -0.39 is 0 Å². The molecular formula is C18H18N4O2S. The van der Waals surface area contributed by atoms with Crippen LogP contribution in [0.25, 0.3) is 22.1 Å². The SMILES string of the molecule is COc1cc2nc(SCc3nc4ccccc4n3C)[nH]c2cc1OC. The highest BCUT2D eigenvalue weighted by molar-refractivity contribution is 7.98. The minimum absolute atomic E-state index is 0.674. The van der Waals surface area contributed by atoms with Gasteiger partial charge in [-0.05, 0) is 12.1 Å². The number of hydrogen-bond donors (Lipinski definition) is 1. The quantitative estimate of drug-likeness (QED) is 0.553. The van der Waals surface area contributed by atoms with Gasteiger partial charge >= 0.3 is 0 Å². The number of nitrogens with zero attached hydrogens (tertiary/aromatic N) is 3. The first-order valence-electron chi connectivity index (χ1n) is 7.84. The second-order valence-electron chi connectivity index (χ2n) is 5.63. The predicted octanol–water partition coefficient (Wildman–Crippen LogP) is 3.76. The lowest BCUT2D eigenvalue weighted by Gasteiger charge is -2.06. The molecule has 6 nitrogen and oxygen atoms in total. The molecule has 1 N–H and O–H groups in total. The highest BCUT2D eigenvalue weighted by atomic mass is 32.2. The molecule has 0 fully saturated rings. The molecule has 0 unspecified atom stereocenters.